The summed E-state index contributed by atoms with van der Waals surface area (Å²) in [5.74, 6) is 0.779. The molecule has 1 heterocycles. The number of sulfonamides is 1. The van der Waals surface area contributed by atoms with Gasteiger partial charge >= 0.3 is 0 Å². The van der Waals surface area contributed by atoms with E-state index in [1.165, 1.54) is 13.2 Å². The highest BCUT2D eigenvalue weighted by Gasteiger charge is 2.42. The molecule has 1 aromatic carbocycles. The fourth-order valence-electron chi connectivity index (χ4n) is 2.79. The van der Waals surface area contributed by atoms with E-state index < -0.39 is 10.0 Å². The minimum Gasteiger partial charge on any atom is -0.495 e. The van der Waals surface area contributed by atoms with E-state index in [9.17, 15) is 8.42 Å². The molecule has 2 atom stereocenters. The smallest absolute Gasteiger partial charge is 0.244 e. The van der Waals surface area contributed by atoms with Gasteiger partial charge in [0.15, 0.2) is 0 Å². The van der Waals surface area contributed by atoms with Gasteiger partial charge in [-0.05, 0) is 43.4 Å². The average Bonchev–Trinajstić information content (AvgIpc) is 3.19. The quantitative estimate of drug-likeness (QED) is 0.795. The number of ether oxygens (including phenoxy) is 2. The van der Waals surface area contributed by atoms with E-state index in [0.717, 1.165) is 12.8 Å². The SMILES string of the molecule is COc1ccc(N)cc1S(=O)(=O)NC1CCOC1C1CC1. The molecule has 3 rings (SSSR count). The van der Waals surface area contributed by atoms with Gasteiger partial charge in [-0.3, -0.25) is 0 Å². The first-order valence-corrected chi connectivity index (χ1v) is 8.57. The lowest BCUT2D eigenvalue weighted by Gasteiger charge is -2.20. The predicted molar refractivity (Wildman–Crippen MR) is 78.6 cm³/mol. The van der Waals surface area contributed by atoms with Crippen molar-refractivity contribution in [3.63, 3.8) is 0 Å². The van der Waals surface area contributed by atoms with Crippen molar-refractivity contribution < 1.29 is 17.9 Å². The highest BCUT2D eigenvalue weighted by molar-refractivity contribution is 7.89. The van der Waals surface area contributed by atoms with Crippen molar-refractivity contribution in [2.24, 2.45) is 5.92 Å². The minimum atomic E-state index is -3.68. The fraction of sp³-hybridized carbons (Fsp3) is 0.571. The summed E-state index contributed by atoms with van der Waals surface area (Å²) < 4.78 is 38.8. The summed E-state index contributed by atoms with van der Waals surface area (Å²) in [5, 5.41) is 0. The van der Waals surface area contributed by atoms with Crippen LogP contribution in [0.3, 0.4) is 0 Å². The highest BCUT2D eigenvalue weighted by Crippen LogP contribution is 2.39. The van der Waals surface area contributed by atoms with E-state index >= 15 is 0 Å². The van der Waals surface area contributed by atoms with Crippen molar-refractivity contribution in [3.05, 3.63) is 18.2 Å². The number of nitrogen functional groups attached to an aromatic ring is 1. The second-order valence-corrected chi connectivity index (χ2v) is 7.28. The standard InChI is InChI=1S/C14H20N2O4S/c1-19-12-5-4-10(15)8-13(12)21(17,18)16-11-6-7-20-14(11)9-2-3-9/h4-5,8-9,11,14,16H,2-3,6-7,15H2,1H3. The van der Waals surface area contributed by atoms with Crippen LogP contribution in [-0.2, 0) is 14.8 Å². The number of hydrogen-bond acceptors (Lipinski definition) is 5. The lowest BCUT2D eigenvalue weighted by molar-refractivity contribution is 0.0848. The Morgan fingerprint density at radius 3 is 2.76 bits per heavy atom. The van der Waals surface area contributed by atoms with E-state index in [4.69, 9.17) is 15.2 Å². The van der Waals surface area contributed by atoms with Crippen LogP contribution in [0.5, 0.6) is 5.75 Å². The van der Waals surface area contributed by atoms with Crippen LogP contribution >= 0.6 is 0 Å². The van der Waals surface area contributed by atoms with Crippen LogP contribution in [0.4, 0.5) is 5.69 Å². The topological polar surface area (TPSA) is 90.7 Å². The van der Waals surface area contributed by atoms with Crippen LogP contribution in [0.25, 0.3) is 0 Å². The molecule has 1 aliphatic carbocycles. The van der Waals surface area contributed by atoms with Gasteiger partial charge in [0.05, 0.1) is 19.3 Å². The normalized spacial score (nSPS) is 26.0. The lowest BCUT2D eigenvalue weighted by atomic mass is 10.1. The average molecular weight is 312 g/mol. The Morgan fingerprint density at radius 2 is 2.10 bits per heavy atom. The van der Waals surface area contributed by atoms with Crippen LogP contribution in [-0.4, -0.2) is 34.3 Å². The molecular formula is C14H20N2O4S. The maximum absolute atomic E-state index is 12.6. The molecular weight excluding hydrogens is 292 g/mol. The molecule has 3 N–H and O–H groups in total. The van der Waals surface area contributed by atoms with E-state index in [0.29, 0.717) is 30.4 Å². The third-order valence-corrected chi connectivity index (χ3v) is 5.52. The Morgan fingerprint density at radius 1 is 1.33 bits per heavy atom. The summed E-state index contributed by atoms with van der Waals surface area (Å²) in [6.45, 7) is 0.600. The summed E-state index contributed by atoms with van der Waals surface area (Å²) in [6.07, 6.45) is 2.92. The molecule has 0 amide bonds. The zero-order valence-corrected chi connectivity index (χ0v) is 12.7. The Hall–Kier alpha value is -1.31. The van der Waals surface area contributed by atoms with Crippen molar-refractivity contribution in [2.75, 3.05) is 19.5 Å². The third-order valence-electron chi connectivity index (χ3n) is 4.01. The van der Waals surface area contributed by atoms with E-state index in [1.54, 1.807) is 12.1 Å². The zero-order valence-electron chi connectivity index (χ0n) is 11.9. The van der Waals surface area contributed by atoms with Gasteiger partial charge in [0.25, 0.3) is 0 Å². The van der Waals surface area contributed by atoms with Crippen molar-refractivity contribution in [1.82, 2.24) is 4.72 Å². The first-order chi connectivity index (χ1) is 10.0. The second-order valence-electron chi connectivity index (χ2n) is 5.60. The van der Waals surface area contributed by atoms with Crippen LogP contribution in [0.15, 0.2) is 23.1 Å². The van der Waals surface area contributed by atoms with E-state index in [-0.39, 0.29) is 17.0 Å². The largest absolute Gasteiger partial charge is 0.495 e. The van der Waals surface area contributed by atoms with E-state index in [2.05, 4.69) is 4.72 Å². The van der Waals surface area contributed by atoms with Crippen molar-refractivity contribution >= 4 is 15.7 Å². The number of methoxy groups -OCH3 is 1. The van der Waals surface area contributed by atoms with Gasteiger partial charge < -0.3 is 15.2 Å². The van der Waals surface area contributed by atoms with Crippen LogP contribution < -0.4 is 15.2 Å². The van der Waals surface area contributed by atoms with Gasteiger partial charge in [-0.25, -0.2) is 13.1 Å². The predicted octanol–water partition coefficient (Wildman–Crippen LogP) is 1.12. The monoisotopic (exact) mass is 312 g/mol. The number of nitrogens with two attached hydrogens (primary N) is 1. The Bertz CT molecular complexity index is 628. The number of benzene rings is 1. The molecule has 21 heavy (non-hydrogen) atoms. The van der Waals surface area contributed by atoms with Crippen molar-refractivity contribution in [2.45, 2.75) is 36.3 Å². The molecule has 1 saturated heterocycles. The maximum atomic E-state index is 12.6. The molecule has 2 unspecified atom stereocenters. The summed E-state index contributed by atoms with van der Waals surface area (Å²) in [5.41, 5.74) is 6.09. The van der Waals surface area contributed by atoms with Crippen LogP contribution in [0.1, 0.15) is 19.3 Å². The lowest BCUT2D eigenvalue weighted by Crippen LogP contribution is -2.41. The minimum absolute atomic E-state index is 0.00757. The molecule has 1 saturated carbocycles. The van der Waals surface area contributed by atoms with Gasteiger partial charge in [0.1, 0.15) is 10.6 Å². The molecule has 0 radical (unpaired) electrons. The summed E-state index contributed by atoms with van der Waals surface area (Å²) >= 11 is 0. The first kappa shape index (κ1) is 14.6. The molecule has 0 bridgehead atoms. The Kier molecular flexibility index (Phi) is 3.81. The number of anilines is 1. The van der Waals surface area contributed by atoms with Gasteiger partial charge in [-0.15, -0.1) is 0 Å². The maximum Gasteiger partial charge on any atom is 0.244 e. The third kappa shape index (κ3) is 3.00. The highest BCUT2D eigenvalue weighted by atomic mass is 32.2. The van der Waals surface area contributed by atoms with Gasteiger partial charge in [0.2, 0.25) is 10.0 Å². The first-order valence-electron chi connectivity index (χ1n) is 7.09. The molecule has 1 aliphatic heterocycles. The van der Waals surface area contributed by atoms with Crippen molar-refractivity contribution in [3.8, 4) is 5.75 Å². The summed E-state index contributed by atoms with van der Waals surface area (Å²) in [7, 11) is -2.24. The number of hydrogen-bond donors (Lipinski definition) is 2. The molecule has 0 spiro atoms. The number of rotatable bonds is 5. The fourth-order valence-corrected chi connectivity index (χ4v) is 4.28. The molecule has 7 heteroatoms. The Labute approximate surface area is 124 Å². The Balaban J connectivity index is 1.85. The van der Waals surface area contributed by atoms with Crippen molar-refractivity contribution in [1.29, 1.82) is 0 Å². The second kappa shape index (κ2) is 5.47. The molecule has 1 aromatic rings. The molecule has 6 nitrogen and oxygen atoms in total. The van der Waals surface area contributed by atoms with Gasteiger partial charge in [0, 0.05) is 12.3 Å². The zero-order chi connectivity index (χ0) is 15.0. The van der Waals surface area contributed by atoms with Gasteiger partial charge in [-0.1, -0.05) is 0 Å². The van der Waals surface area contributed by atoms with Crippen LogP contribution in [0, 0.1) is 5.92 Å². The molecule has 116 valence electrons. The van der Waals surface area contributed by atoms with E-state index in [1.807, 2.05) is 0 Å². The van der Waals surface area contributed by atoms with Crippen LogP contribution in [0.2, 0.25) is 0 Å². The number of nitrogens with one attached hydrogen (secondary N) is 1. The summed E-state index contributed by atoms with van der Waals surface area (Å²) in [4.78, 5) is 0.0754. The molecule has 0 aromatic heterocycles. The van der Waals surface area contributed by atoms with Gasteiger partial charge in [-0.2, -0.15) is 0 Å². The molecule has 2 aliphatic rings. The molecule has 2 fully saturated rings. The summed E-state index contributed by atoms with van der Waals surface area (Å²) in [6, 6.07) is 4.42.